The summed E-state index contributed by atoms with van der Waals surface area (Å²) in [6.07, 6.45) is -0.0510. The number of amides is 1. The molecule has 1 saturated heterocycles. The second-order valence-electron chi connectivity index (χ2n) is 3.80. The van der Waals surface area contributed by atoms with Gasteiger partial charge in [0.05, 0.1) is 19.3 Å². The minimum absolute atomic E-state index is 0.0510. The number of rotatable bonds is 6. The summed E-state index contributed by atoms with van der Waals surface area (Å²) >= 11 is 0. The molecule has 0 saturated carbocycles. The number of primary amides is 1. The van der Waals surface area contributed by atoms with E-state index in [9.17, 15) is 4.79 Å². The first-order valence-electron chi connectivity index (χ1n) is 5.61. The van der Waals surface area contributed by atoms with Crippen LogP contribution in [0.3, 0.4) is 0 Å². The Kier molecular flexibility index (Phi) is 5.68. The van der Waals surface area contributed by atoms with Gasteiger partial charge in [-0.15, -0.1) is 0 Å². The van der Waals surface area contributed by atoms with Crippen molar-refractivity contribution >= 4 is 5.91 Å². The van der Waals surface area contributed by atoms with E-state index in [2.05, 4.69) is 0 Å². The first kappa shape index (κ1) is 13.4. The zero-order valence-corrected chi connectivity index (χ0v) is 9.72. The van der Waals surface area contributed by atoms with Gasteiger partial charge in [-0.05, 0) is 6.92 Å². The van der Waals surface area contributed by atoms with Crippen molar-refractivity contribution in [1.82, 2.24) is 4.90 Å². The predicted molar refractivity (Wildman–Crippen MR) is 59.8 cm³/mol. The van der Waals surface area contributed by atoms with Gasteiger partial charge >= 0.3 is 0 Å². The highest BCUT2D eigenvalue weighted by molar-refractivity contribution is 5.80. The highest BCUT2D eigenvalue weighted by Crippen LogP contribution is 2.08. The fourth-order valence-corrected chi connectivity index (χ4v) is 1.81. The maximum Gasteiger partial charge on any atom is 0.237 e. The van der Waals surface area contributed by atoms with Gasteiger partial charge in [0.2, 0.25) is 5.91 Å². The van der Waals surface area contributed by atoms with Crippen molar-refractivity contribution < 1.29 is 14.3 Å². The average Bonchev–Trinajstić information content (AvgIpc) is 2.29. The molecule has 2 unspecified atom stereocenters. The normalized spacial score (nSPS) is 24.2. The summed E-state index contributed by atoms with van der Waals surface area (Å²) in [6.45, 7) is 5.28. The lowest BCUT2D eigenvalue weighted by Gasteiger charge is -2.35. The van der Waals surface area contributed by atoms with Crippen LogP contribution in [0.5, 0.6) is 0 Å². The molecule has 1 heterocycles. The smallest absolute Gasteiger partial charge is 0.237 e. The van der Waals surface area contributed by atoms with Crippen molar-refractivity contribution in [3.05, 3.63) is 0 Å². The van der Waals surface area contributed by atoms with Crippen LogP contribution in [0.1, 0.15) is 6.92 Å². The average molecular weight is 231 g/mol. The fraction of sp³-hybridized carbons (Fsp3) is 0.900. The van der Waals surface area contributed by atoms with Crippen molar-refractivity contribution in [2.45, 2.75) is 19.1 Å². The Hall–Kier alpha value is -0.690. The zero-order chi connectivity index (χ0) is 12.0. The molecule has 1 aliphatic rings. The monoisotopic (exact) mass is 231 g/mol. The van der Waals surface area contributed by atoms with Gasteiger partial charge in [0.15, 0.2) is 0 Å². The minimum atomic E-state index is -0.358. The number of hydrogen-bond acceptors (Lipinski definition) is 5. The molecule has 0 bridgehead atoms. The summed E-state index contributed by atoms with van der Waals surface area (Å²) < 4.78 is 10.7. The van der Waals surface area contributed by atoms with E-state index in [1.54, 1.807) is 0 Å². The predicted octanol–water partition coefficient (Wildman–Crippen LogP) is -1.46. The van der Waals surface area contributed by atoms with Gasteiger partial charge in [0.1, 0.15) is 6.04 Å². The molecule has 2 atom stereocenters. The second-order valence-corrected chi connectivity index (χ2v) is 3.80. The standard InChI is InChI=1S/C10H21N3O3/c1-2-16-8(5-11)6-13-3-4-15-7-9(13)10(12)14/h8-9H,2-7,11H2,1H3,(H2,12,14). The van der Waals surface area contributed by atoms with Crippen LogP contribution in [-0.2, 0) is 14.3 Å². The van der Waals surface area contributed by atoms with E-state index in [1.807, 2.05) is 11.8 Å². The summed E-state index contributed by atoms with van der Waals surface area (Å²) in [5.41, 5.74) is 10.9. The Morgan fingerprint density at radius 3 is 3.00 bits per heavy atom. The largest absolute Gasteiger partial charge is 0.378 e. The molecule has 0 aromatic carbocycles. The molecule has 94 valence electrons. The Bertz CT molecular complexity index is 225. The molecule has 6 heteroatoms. The van der Waals surface area contributed by atoms with Crippen LogP contribution in [0.4, 0.5) is 0 Å². The third-order valence-electron chi connectivity index (χ3n) is 2.67. The molecule has 16 heavy (non-hydrogen) atoms. The number of ether oxygens (including phenoxy) is 2. The minimum Gasteiger partial charge on any atom is -0.378 e. The molecule has 1 rings (SSSR count). The molecule has 0 radical (unpaired) electrons. The lowest BCUT2D eigenvalue weighted by Crippen LogP contribution is -2.55. The molecular formula is C10H21N3O3. The van der Waals surface area contributed by atoms with Crippen LogP contribution >= 0.6 is 0 Å². The van der Waals surface area contributed by atoms with Gasteiger partial charge in [0, 0.05) is 26.2 Å². The molecule has 0 aromatic rings. The van der Waals surface area contributed by atoms with E-state index in [0.717, 1.165) is 0 Å². The molecule has 4 N–H and O–H groups in total. The van der Waals surface area contributed by atoms with Crippen molar-refractivity contribution in [3.8, 4) is 0 Å². The Morgan fingerprint density at radius 1 is 1.69 bits per heavy atom. The third-order valence-corrected chi connectivity index (χ3v) is 2.67. The maximum absolute atomic E-state index is 11.2. The van der Waals surface area contributed by atoms with Gasteiger partial charge in [-0.25, -0.2) is 0 Å². The van der Waals surface area contributed by atoms with Gasteiger partial charge in [-0.1, -0.05) is 0 Å². The van der Waals surface area contributed by atoms with Crippen molar-refractivity contribution in [1.29, 1.82) is 0 Å². The van der Waals surface area contributed by atoms with Crippen LogP contribution in [0.15, 0.2) is 0 Å². The van der Waals surface area contributed by atoms with E-state index >= 15 is 0 Å². The molecule has 0 aromatic heterocycles. The van der Waals surface area contributed by atoms with Gasteiger partial charge in [-0.3, -0.25) is 9.69 Å². The topological polar surface area (TPSA) is 90.8 Å². The van der Waals surface area contributed by atoms with E-state index < -0.39 is 0 Å². The van der Waals surface area contributed by atoms with Gasteiger partial charge < -0.3 is 20.9 Å². The molecular weight excluding hydrogens is 210 g/mol. The van der Waals surface area contributed by atoms with E-state index in [4.69, 9.17) is 20.9 Å². The van der Waals surface area contributed by atoms with E-state index in [-0.39, 0.29) is 18.1 Å². The zero-order valence-electron chi connectivity index (χ0n) is 9.72. The summed E-state index contributed by atoms with van der Waals surface area (Å²) in [4.78, 5) is 13.2. The number of nitrogens with two attached hydrogens (primary N) is 2. The van der Waals surface area contributed by atoms with E-state index in [1.165, 1.54) is 0 Å². The highest BCUT2D eigenvalue weighted by atomic mass is 16.5. The number of hydrogen-bond donors (Lipinski definition) is 2. The lowest BCUT2D eigenvalue weighted by atomic mass is 10.2. The first-order valence-corrected chi connectivity index (χ1v) is 5.61. The van der Waals surface area contributed by atoms with Crippen LogP contribution in [-0.4, -0.2) is 62.4 Å². The number of nitrogens with zero attached hydrogens (tertiary/aromatic N) is 1. The highest BCUT2D eigenvalue weighted by Gasteiger charge is 2.29. The summed E-state index contributed by atoms with van der Waals surface area (Å²) in [5.74, 6) is -0.355. The molecule has 6 nitrogen and oxygen atoms in total. The quantitative estimate of drug-likeness (QED) is 0.583. The van der Waals surface area contributed by atoms with Crippen LogP contribution in [0, 0.1) is 0 Å². The summed E-state index contributed by atoms with van der Waals surface area (Å²) in [6, 6.07) is -0.358. The molecule has 0 aliphatic carbocycles. The number of morpholine rings is 1. The molecule has 1 fully saturated rings. The number of carbonyl (C=O) groups is 1. The molecule has 1 aliphatic heterocycles. The molecule has 0 spiro atoms. The lowest BCUT2D eigenvalue weighted by molar-refractivity contribution is -0.130. The fourth-order valence-electron chi connectivity index (χ4n) is 1.81. The Morgan fingerprint density at radius 2 is 2.44 bits per heavy atom. The second kappa shape index (κ2) is 6.80. The van der Waals surface area contributed by atoms with Gasteiger partial charge in [-0.2, -0.15) is 0 Å². The van der Waals surface area contributed by atoms with Gasteiger partial charge in [0.25, 0.3) is 0 Å². The number of carbonyl (C=O) groups excluding carboxylic acids is 1. The SMILES string of the molecule is CCOC(CN)CN1CCOCC1C(N)=O. The first-order chi connectivity index (χ1) is 7.69. The Labute approximate surface area is 95.8 Å². The maximum atomic E-state index is 11.2. The third kappa shape index (κ3) is 3.71. The summed E-state index contributed by atoms with van der Waals surface area (Å²) in [5, 5.41) is 0. The van der Waals surface area contributed by atoms with Crippen molar-refractivity contribution in [2.24, 2.45) is 11.5 Å². The van der Waals surface area contributed by atoms with Crippen molar-refractivity contribution in [3.63, 3.8) is 0 Å². The van der Waals surface area contributed by atoms with Crippen molar-refractivity contribution in [2.75, 3.05) is 39.5 Å². The van der Waals surface area contributed by atoms with Crippen LogP contribution in [0.25, 0.3) is 0 Å². The van der Waals surface area contributed by atoms with Crippen LogP contribution in [0.2, 0.25) is 0 Å². The Balaban J connectivity index is 2.50. The van der Waals surface area contributed by atoms with Crippen LogP contribution < -0.4 is 11.5 Å². The molecule has 1 amide bonds. The summed E-state index contributed by atoms with van der Waals surface area (Å²) in [7, 11) is 0. The van der Waals surface area contributed by atoms with E-state index in [0.29, 0.717) is 39.5 Å².